The normalized spacial score (nSPS) is 12.8. The molecule has 2 aliphatic rings. The molecule has 0 N–H and O–H groups in total. The molecule has 0 saturated carbocycles. The maximum absolute atomic E-state index is 2.49. The maximum Gasteiger partial charge on any atom is 0.0714 e. The summed E-state index contributed by atoms with van der Waals surface area (Å²) in [7, 11) is 0. The van der Waals surface area contributed by atoms with Gasteiger partial charge in [0.2, 0.25) is 0 Å². The van der Waals surface area contributed by atoms with Crippen molar-refractivity contribution < 1.29 is 0 Å². The van der Waals surface area contributed by atoms with Crippen LogP contribution in [0.5, 0.6) is 0 Å². The minimum absolute atomic E-state index is 0.510. The van der Waals surface area contributed by atoms with Crippen LogP contribution in [-0.2, 0) is 5.41 Å². The van der Waals surface area contributed by atoms with Crippen molar-refractivity contribution in [2.24, 2.45) is 0 Å². The molecule has 0 fully saturated rings. The van der Waals surface area contributed by atoms with E-state index in [-0.39, 0.29) is 0 Å². The molecule has 14 rings (SSSR count). The lowest BCUT2D eigenvalue weighted by Crippen LogP contribution is -2.28. The molecule has 1 aliphatic carbocycles. The molecule has 1 aliphatic heterocycles. The van der Waals surface area contributed by atoms with Gasteiger partial charge in [0.1, 0.15) is 0 Å². The van der Waals surface area contributed by atoms with E-state index >= 15 is 0 Å². The van der Waals surface area contributed by atoms with Gasteiger partial charge in [-0.3, -0.25) is 0 Å². The van der Waals surface area contributed by atoms with Crippen LogP contribution in [-0.4, -0.2) is 4.57 Å². The van der Waals surface area contributed by atoms with Crippen molar-refractivity contribution in [3.8, 4) is 61.3 Å². The number of benzene rings is 11. The second-order valence-electron chi connectivity index (χ2n) is 18.4. The fourth-order valence-electron chi connectivity index (χ4n) is 11.8. The molecule has 0 unspecified atom stereocenters. The molecule has 0 amide bonds. The van der Waals surface area contributed by atoms with Crippen molar-refractivity contribution in [2.75, 3.05) is 4.90 Å². The van der Waals surface area contributed by atoms with Gasteiger partial charge in [-0.1, -0.05) is 212 Å². The second kappa shape index (κ2) is 15.6. The molecule has 0 saturated heterocycles. The van der Waals surface area contributed by atoms with E-state index in [0.717, 1.165) is 17.1 Å². The van der Waals surface area contributed by atoms with Gasteiger partial charge < -0.3 is 9.47 Å². The Labute approximate surface area is 402 Å². The monoisotopic (exact) mass is 876 g/mol. The van der Waals surface area contributed by atoms with E-state index in [0.29, 0.717) is 0 Å². The fraction of sp³-hybridized carbons (Fsp3) is 0.0149. The molecular formula is C67H44N2. The maximum atomic E-state index is 2.49. The number of fused-ring (bicyclic) bond motifs is 11. The summed E-state index contributed by atoms with van der Waals surface area (Å²) in [5.74, 6) is 0. The zero-order valence-corrected chi connectivity index (χ0v) is 37.8. The summed E-state index contributed by atoms with van der Waals surface area (Å²) in [5.41, 5.74) is 23.9. The topological polar surface area (TPSA) is 8.17 Å². The lowest BCUT2D eigenvalue weighted by atomic mass is 9.67. The van der Waals surface area contributed by atoms with Gasteiger partial charge in [0.05, 0.1) is 22.1 Å². The van der Waals surface area contributed by atoms with Crippen LogP contribution >= 0.6 is 0 Å². The van der Waals surface area contributed by atoms with Crippen molar-refractivity contribution in [2.45, 2.75) is 5.41 Å². The number of hydrogen-bond donors (Lipinski definition) is 0. The predicted molar refractivity (Wildman–Crippen MR) is 288 cm³/mol. The van der Waals surface area contributed by atoms with Crippen LogP contribution in [0.3, 0.4) is 0 Å². The van der Waals surface area contributed by atoms with Crippen LogP contribution < -0.4 is 4.90 Å². The van der Waals surface area contributed by atoms with Crippen molar-refractivity contribution in [3.05, 3.63) is 289 Å². The van der Waals surface area contributed by atoms with E-state index in [2.05, 4.69) is 276 Å². The molecule has 322 valence electrons. The second-order valence-corrected chi connectivity index (χ2v) is 18.4. The first-order valence-corrected chi connectivity index (χ1v) is 23.9. The van der Waals surface area contributed by atoms with Gasteiger partial charge in [-0.25, -0.2) is 0 Å². The minimum Gasteiger partial charge on any atom is -0.310 e. The molecular weight excluding hydrogens is 833 g/mol. The summed E-state index contributed by atoms with van der Waals surface area (Å²) in [6, 6.07) is 98.6. The summed E-state index contributed by atoms with van der Waals surface area (Å²) in [5, 5.41) is 2.51. The molecule has 0 spiro atoms. The van der Waals surface area contributed by atoms with Gasteiger partial charge in [0, 0.05) is 39.0 Å². The average molecular weight is 877 g/mol. The molecule has 2 heterocycles. The van der Waals surface area contributed by atoms with E-state index in [1.165, 1.54) is 105 Å². The predicted octanol–water partition coefficient (Wildman–Crippen LogP) is 17.6. The van der Waals surface area contributed by atoms with Crippen molar-refractivity contribution in [3.63, 3.8) is 0 Å². The highest BCUT2D eigenvalue weighted by Gasteiger charge is 2.46. The van der Waals surface area contributed by atoms with Gasteiger partial charge in [0.15, 0.2) is 0 Å². The molecule has 69 heavy (non-hydrogen) atoms. The molecule has 12 aromatic rings. The number of rotatable bonds is 7. The molecule has 2 heteroatoms. The largest absolute Gasteiger partial charge is 0.310 e. The molecule has 11 aromatic carbocycles. The summed E-state index contributed by atoms with van der Waals surface area (Å²) < 4.78 is 2.49. The standard InChI is InChI=1S/C67H44N2/c1-4-17-45(18-5-1)46-31-36-51(37-32-46)68(53-40-41-57-56-25-12-14-29-62(56)67(63(57)44-53,49-19-6-2-7-20-49)50-21-8-3-9-22-50)52-38-33-47(34-39-52)48-35-42-65-61(43-48)60-28-16-27-59-55-24-11-10-23-54(55)58-26-13-15-30-64(58)69(65)66(59)60/h1-44H. The summed E-state index contributed by atoms with van der Waals surface area (Å²) in [6.07, 6.45) is 0. The smallest absolute Gasteiger partial charge is 0.0714 e. The van der Waals surface area contributed by atoms with E-state index < -0.39 is 5.41 Å². The highest BCUT2D eigenvalue weighted by molar-refractivity contribution is 6.17. The molecule has 2 nitrogen and oxygen atoms in total. The zero-order valence-electron chi connectivity index (χ0n) is 37.8. The fourth-order valence-corrected chi connectivity index (χ4v) is 11.8. The SMILES string of the molecule is c1ccc(-c2ccc(N(c3ccc(-c4ccc5c(c4)c4cccc6c4n5-c4ccccc4-c4ccccc4-6)cc3)c3ccc4c(c3)C(c3ccccc3)(c3ccccc3)c3ccccc3-4)cc2)cc1. The highest BCUT2D eigenvalue weighted by Crippen LogP contribution is 2.57. The third-order valence-electron chi connectivity index (χ3n) is 14.8. The Morgan fingerprint density at radius 1 is 0.290 bits per heavy atom. The number of anilines is 3. The Morgan fingerprint density at radius 2 is 0.783 bits per heavy atom. The Morgan fingerprint density at radius 3 is 1.46 bits per heavy atom. The molecule has 0 atom stereocenters. The Bertz CT molecular complexity index is 3880. The van der Waals surface area contributed by atoms with E-state index in [9.17, 15) is 0 Å². The van der Waals surface area contributed by atoms with Gasteiger partial charge in [0.25, 0.3) is 0 Å². The van der Waals surface area contributed by atoms with Crippen LogP contribution in [0.4, 0.5) is 17.1 Å². The lowest BCUT2D eigenvalue weighted by Gasteiger charge is -2.35. The zero-order chi connectivity index (χ0) is 45.5. The third-order valence-corrected chi connectivity index (χ3v) is 14.8. The van der Waals surface area contributed by atoms with E-state index in [4.69, 9.17) is 0 Å². The van der Waals surface area contributed by atoms with Crippen LogP contribution in [0.1, 0.15) is 22.3 Å². The van der Waals surface area contributed by atoms with Gasteiger partial charge in [-0.15, -0.1) is 0 Å². The highest BCUT2D eigenvalue weighted by atomic mass is 15.1. The number of nitrogens with zero attached hydrogens (tertiary/aromatic N) is 2. The van der Waals surface area contributed by atoms with Crippen LogP contribution in [0, 0.1) is 0 Å². The van der Waals surface area contributed by atoms with Crippen LogP contribution in [0.15, 0.2) is 267 Å². The first-order chi connectivity index (χ1) is 34.2. The average Bonchev–Trinajstić information content (AvgIpc) is 3.88. The van der Waals surface area contributed by atoms with Gasteiger partial charge >= 0.3 is 0 Å². The minimum atomic E-state index is -0.510. The summed E-state index contributed by atoms with van der Waals surface area (Å²) in [6.45, 7) is 0. The summed E-state index contributed by atoms with van der Waals surface area (Å²) in [4.78, 5) is 2.43. The number of hydrogen-bond acceptors (Lipinski definition) is 1. The van der Waals surface area contributed by atoms with Crippen molar-refractivity contribution in [1.29, 1.82) is 0 Å². The number of aromatic nitrogens is 1. The van der Waals surface area contributed by atoms with Crippen LogP contribution in [0.2, 0.25) is 0 Å². The molecule has 1 aromatic heterocycles. The Balaban J connectivity index is 0.925. The molecule has 0 bridgehead atoms. The van der Waals surface area contributed by atoms with E-state index in [1.54, 1.807) is 0 Å². The van der Waals surface area contributed by atoms with Crippen molar-refractivity contribution in [1.82, 2.24) is 4.57 Å². The first kappa shape index (κ1) is 39.2. The quantitative estimate of drug-likeness (QED) is 0.155. The lowest BCUT2D eigenvalue weighted by molar-refractivity contribution is 0.768. The molecule has 0 radical (unpaired) electrons. The van der Waals surface area contributed by atoms with Crippen molar-refractivity contribution >= 4 is 38.9 Å². The Kier molecular flexibility index (Phi) is 8.84. The third kappa shape index (κ3) is 5.92. The van der Waals surface area contributed by atoms with E-state index in [1.807, 2.05) is 0 Å². The first-order valence-electron chi connectivity index (χ1n) is 23.9. The summed E-state index contributed by atoms with van der Waals surface area (Å²) >= 11 is 0. The van der Waals surface area contributed by atoms with Gasteiger partial charge in [-0.2, -0.15) is 0 Å². The van der Waals surface area contributed by atoms with Crippen LogP contribution in [0.25, 0.3) is 83.1 Å². The number of para-hydroxylation sites is 2. The van der Waals surface area contributed by atoms with Gasteiger partial charge in [-0.05, 0) is 121 Å². The Hall–Kier alpha value is -8.98.